The molecular formula is C16H24N2. The molecular weight excluding hydrogens is 220 g/mol. The van der Waals surface area contributed by atoms with E-state index in [1.54, 1.807) is 0 Å². The van der Waals surface area contributed by atoms with Gasteiger partial charge in [-0.05, 0) is 44.2 Å². The Hall–Kier alpha value is -0.860. The molecule has 2 aliphatic rings. The fourth-order valence-electron chi connectivity index (χ4n) is 3.94. The zero-order valence-corrected chi connectivity index (χ0v) is 11.1. The van der Waals surface area contributed by atoms with E-state index >= 15 is 0 Å². The summed E-state index contributed by atoms with van der Waals surface area (Å²) in [6, 6.07) is 11.3. The summed E-state index contributed by atoms with van der Waals surface area (Å²) in [5, 5.41) is 0. The van der Waals surface area contributed by atoms with Crippen molar-refractivity contribution in [3.05, 3.63) is 35.9 Å². The highest BCUT2D eigenvalue weighted by Crippen LogP contribution is 2.41. The molecule has 1 aliphatic heterocycles. The van der Waals surface area contributed by atoms with E-state index < -0.39 is 0 Å². The Bertz CT molecular complexity index is 389. The van der Waals surface area contributed by atoms with Crippen molar-refractivity contribution >= 4 is 0 Å². The molecule has 2 unspecified atom stereocenters. The average molecular weight is 244 g/mol. The maximum absolute atomic E-state index is 6.22. The fraction of sp³-hybridized carbons (Fsp3) is 0.625. The van der Waals surface area contributed by atoms with Gasteiger partial charge in [0.1, 0.15) is 0 Å². The van der Waals surface area contributed by atoms with Crippen LogP contribution in [0.25, 0.3) is 0 Å². The smallest absolute Gasteiger partial charge is 0.0239 e. The van der Waals surface area contributed by atoms with Gasteiger partial charge in [0.05, 0.1) is 0 Å². The van der Waals surface area contributed by atoms with Crippen molar-refractivity contribution in [1.29, 1.82) is 0 Å². The summed E-state index contributed by atoms with van der Waals surface area (Å²) in [6.07, 6.45) is 7.80. The Labute approximate surface area is 110 Å². The molecule has 1 spiro atoms. The summed E-state index contributed by atoms with van der Waals surface area (Å²) < 4.78 is 0. The molecule has 98 valence electrons. The fourth-order valence-corrected chi connectivity index (χ4v) is 3.94. The van der Waals surface area contributed by atoms with Gasteiger partial charge in [0.25, 0.3) is 0 Å². The largest absolute Gasteiger partial charge is 0.328 e. The van der Waals surface area contributed by atoms with E-state index in [1.807, 2.05) is 0 Å². The molecule has 3 rings (SSSR count). The first kappa shape index (κ1) is 12.2. The van der Waals surface area contributed by atoms with E-state index in [4.69, 9.17) is 5.73 Å². The van der Waals surface area contributed by atoms with Crippen LogP contribution in [0.2, 0.25) is 0 Å². The second kappa shape index (κ2) is 5.02. The lowest BCUT2D eigenvalue weighted by molar-refractivity contribution is 0.0775. The Kier molecular flexibility index (Phi) is 3.40. The number of hydrogen-bond acceptors (Lipinski definition) is 2. The van der Waals surface area contributed by atoms with Crippen molar-refractivity contribution in [2.45, 2.75) is 56.7 Å². The molecule has 0 radical (unpaired) electrons. The monoisotopic (exact) mass is 244 g/mol. The van der Waals surface area contributed by atoms with Gasteiger partial charge in [-0.1, -0.05) is 36.8 Å². The first-order valence-corrected chi connectivity index (χ1v) is 7.33. The lowest BCUT2D eigenvalue weighted by Crippen LogP contribution is -2.49. The SMILES string of the molecule is NC1CCCC2(CCCN2Cc2ccccc2)C1. The van der Waals surface area contributed by atoms with Gasteiger partial charge in [-0.15, -0.1) is 0 Å². The normalized spacial score (nSPS) is 33.1. The van der Waals surface area contributed by atoms with E-state index in [1.165, 1.54) is 50.6 Å². The molecule has 1 aromatic carbocycles. The van der Waals surface area contributed by atoms with Crippen molar-refractivity contribution in [2.75, 3.05) is 6.54 Å². The third-order valence-electron chi connectivity index (χ3n) is 4.82. The van der Waals surface area contributed by atoms with Crippen LogP contribution in [0, 0.1) is 0 Å². The second-order valence-electron chi connectivity index (χ2n) is 6.09. The van der Waals surface area contributed by atoms with E-state index in [0.29, 0.717) is 11.6 Å². The van der Waals surface area contributed by atoms with E-state index in [0.717, 1.165) is 6.54 Å². The van der Waals surface area contributed by atoms with Crippen LogP contribution in [0.3, 0.4) is 0 Å². The summed E-state index contributed by atoms with van der Waals surface area (Å²) in [6.45, 7) is 2.36. The van der Waals surface area contributed by atoms with E-state index in [9.17, 15) is 0 Å². The summed E-state index contributed by atoms with van der Waals surface area (Å²) in [7, 11) is 0. The van der Waals surface area contributed by atoms with Gasteiger partial charge < -0.3 is 5.73 Å². The van der Waals surface area contributed by atoms with Gasteiger partial charge in [0.2, 0.25) is 0 Å². The number of nitrogens with zero attached hydrogens (tertiary/aromatic N) is 1. The van der Waals surface area contributed by atoms with E-state index in [2.05, 4.69) is 35.2 Å². The molecule has 2 fully saturated rings. The van der Waals surface area contributed by atoms with Crippen LogP contribution < -0.4 is 5.73 Å². The van der Waals surface area contributed by atoms with Gasteiger partial charge in [-0.25, -0.2) is 0 Å². The molecule has 1 saturated carbocycles. The van der Waals surface area contributed by atoms with Gasteiger partial charge >= 0.3 is 0 Å². The van der Waals surface area contributed by atoms with E-state index in [-0.39, 0.29) is 0 Å². The predicted molar refractivity (Wildman–Crippen MR) is 75.3 cm³/mol. The maximum atomic E-state index is 6.22. The minimum absolute atomic E-state index is 0.424. The van der Waals surface area contributed by atoms with Crippen molar-refractivity contribution < 1.29 is 0 Å². The van der Waals surface area contributed by atoms with Crippen LogP contribution in [0.15, 0.2) is 30.3 Å². The Balaban J connectivity index is 1.75. The van der Waals surface area contributed by atoms with Gasteiger partial charge in [0, 0.05) is 18.1 Å². The Morgan fingerprint density at radius 1 is 1.17 bits per heavy atom. The average Bonchev–Trinajstić information content (AvgIpc) is 2.73. The van der Waals surface area contributed by atoms with Crippen LogP contribution in [0.5, 0.6) is 0 Å². The molecule has 1 aliphatic carbocycles. The maximum Gasteiger partial charge on any atom is 0.0239 e. The molecule has 2 N–H and O–H groups in total. The molecule has 18 heavy (non-hydrogen) atoms. The highest BCUT2D eigenvalue weighted by Gasteiger charge is 2.43. The van der Waals surface area contributed by atoms with Crippen molar-refractivity contribution in [3.8, 4) is 0 Å². The standard InChI is InChI=1S/C16H24N2/c17-15-8-4-9-16(12-15)10-5-11-18(16)13-14-6-2-1-3-7-14/h1-3,6-7,15H,4-5,8-13,17H2. The molecule has 1 heterocycles. The molecule has 2 heteroatoms. The topological polar surface area (TPSA) is 29.3 Å². The van der Waals surface area contributed by atoms with Crippen LogP contribution >= 0.6 is 0 Å². The molecule has 0 amide bonds. The quantitative estimate of drug-likeness (QED) is 0.866. The lowest BCUT2D eigenvalue weighted by atomic mass is 9.77. The predicted octanol–water partition coefficient (Wildman–Crippen LogP) is 2.92. The molecule has 1 aromatic rings. The first-order valence-electron chi connectivity index (χ1n) is 7.33. The van der Waals surface area contributed by atoms with Crippen LogP contribution in [0.4, 0.5) is 0 Å². The number of nitrogens with two attached hydrogens (primary N) is 1. The minimum Gasteiger partial charge on any atom is -0.328 e. The minimum atomic E-state index is 0.424. The van der Waals surface area contributed by atoms with Crippen LogP contribution in [0.1, 0.15) is 44.1 Å². The number of benzene rings is 1. The van der Waals surface area contributed by atoms with Crippen molar-refractivity contribution in [2.24, 2.45) is 5.73 Å². The van der Waals surface area contributed by atoms with Gasteiger partial charge in [-0.3, -0.25) is 4.90 Å². The summed E-state index contributed by atoms with van der Waals surface area (Å²) in [5.74, 6) is 0. The Morgan fingerprint density at radius 2 is 1.94 bits per heavy atom. The Morgan fingerprint density at radius 3 is 2.72 bits per heavy atom. The molecule has 1 saturated heterocycles. The summed E-state index contributed by atoms with van der Waals surface area (Å²) in [4.78, 5) is 2.71. The third-order valence-corrected chi connectivity index (χ3v) is 4.82. The first-order chi connectivity index (χ1) is 8.78. The molecule has 0 aromatic heterocycles. The zero-order chi connectivity index (χ0) is 12.4. The zero-order valence-electron chi connectivity index (χ0n) is 11.1. The lowest BCUT2D eigenvalue weighted by Gasteiger charge is -2.44. The van der Waals surface area contributed by atoms with Crippen LogP contribution in [-0.4, -0.2) is 23.0 Å². The van der Waals surface area contributed by atoms with Crippen molar-refractivity contribution in [1.82, 2.24) is 4.90 Å². The number of likely N-dealkylation sites (tertiary alicyclic amines) is 1. The summed E-state index contributed by atoms with van der Waals surface area (Å²) >= 11 is 0. The highest BCUT2D eigenvalue weighted by molar-refractivity contribution is 5.16. The van der Waals surface area contributed by atoms with Gasteiger partial charge in [0.15, 0.2) is 0 Å². The number of hydrogen-bond donors (Lipinski definition) is 1. The molecule has 2 atom stereocenters. The third kappa shape index (κ3) is 2.32. The molecule has 0 bridgehead atoms. The van der Waals surface area contributed by atoms with Gasteiger partial charge in [-0.2, -0.15) is 0 Å². The highest BCUT2D eigenvalue weighted by atomic mass is 15.2. The molecule has 2 nitrogen and oxygen atoms in total. The van der Waals surface area contributed by atoms with Crippen LogP contribution in [-0.2, 0) is 6.54 Å². The number of rotatable bonds is 2. The van der Waals surface area contributed by atoms with Crippen molar-refractivity contribution in [3.63, 3.8) is 0 Å². The summed E-state index contributed by atoms with van der Waals surface area (Å²) in [5.41, 5.74) is 8.08. The second-order valence-corrected chi connectivity index (χ2v) is 6.09.